The normalized spacial score (nSPS) is 12.5. The molecule has 0 spiro atoms. The third-order valence-corrected chi connectivity index (χ3v) is 5.79. The molecular formula is C25H21ClF3N3O2. The lowest BCUT2D eigenvalue weighted by atomic mass is 9.94. The number of aromatic nitrogens is 2. The van der Waals surface area contributed by atoms with Crippen LogP contribution in [0.2, 0.25) is 5.02 Å². The highest BCUT2D eigenvalue weighted by Gasteiger charge is 2.35. The molecule has 4 rings (SSSR count). The number of hydrogen-bond donors (Lipinski definition) is 1. The lowest BCUT2D eigenvalue weighted by Gasteiger charge is -2.16. The first-order chi connectivity index (χ1) is 16.2. The second-order valence-electron chi connectivity index (χ2n) is 7.78. The summed E-state index contributed by atoms with van der Waals surface area (Å²) in [5.74, 6) is -0.221. The Hall–Kier alpha value is -3.52. The predicted octanol–water partition coefficient (Wildman–Crippen LogP) is 6.13. The number of ether oxygens (including phenoxy) is 1. The summed E-state index contributed by atoms with van der Waals surface area (Å²) in [5.41, 5.74) is 0.273. The molecule has 0 aliphatic carbocycles. The third-order valence-electron chi connectivity index (χ3n) is 5.55. The van der Waals surface area contributed by atoms with Gasteiger partial charge in [0.1, 0.15) is 5.75 Å². The fourth-order valence-electron chi connectivity index (χ4n) is 3.77. The van der Waals surface area contributed by atoms with Crippen molar-refractivity contribution in [2.24, 2.45) is 0 Å². The first kappa shape index (κ1) is 23.6. The summed E-state index contributed by atoms with van der Waals surface area (Å²) in [7, 11) is 1.57. The molecule has 1 aromatic heterocycles. The molecule has 5 nitrogen and oxygen atoms in total. The predicted molar refractivity (Wildman–Crippen MR) is 124 cm³/mol. The van der Waals surface area contributed by atoms with E-state index in [0.29, 0.717) is 16.5 Å². The number of methoxy groups -OCH3 is 1. The number of carbonyl (C=O) groups excluding carboxylic acids is 1. The Morgan fingerprint density at radius 1 is 1.12 bits per heavy atom. The average molecular weight is 488 g/mol. The quantitative estimate of drug-likeness (QED) is 0.356. The smallest absolute Gasteiger partial charge is 0.435 e. The minimum absolute atomic E-state index is 0.146. The Morgan fingerprint density at radius 3 is 2.59 bits per heavy atom. The highest BCUT2D eigenvalue weighted by molar-refractivity contribution is 6.30. The first-order valence-electron chi connectivity index (χ1n) is 10.4. The van der Waals surface area contributed by atoms with E-state index in [0.717, 1.165) is 27.1 Å². The molecule has 0 fully saturated rings. The van der Waals surface area contributed by atoms with E-state index in [1.165, 1.54) is 6.07 Å². The third kappa shape index (κ3) is 4.87. The van der Waals surface area contributed by atoms with Crippen LogP contribution in [-0.2, 0) is 17.5 Å². The number of benzene rings is 3. The van der Waals surface area contributed by atoms with Crippen molar-refractivity contribution < 1.29 is 22.7 Å². The van der Waals surface area contributed by atoms with Gasteiger partial charge in [-0.05, 0) is 59.7 Å². The number of alkyl halides is 3. The van der Waals surface area contributed by atoms with E-state index >= 15 is 0 Å². The summed E-state index contributed by atoms with van der Waals surface area (Å²) in [5, 5.41) is 8.63. The van der Waals surface area contributed by atoms with E-state index in [9.17, 15) is 18.0 Å². The van der Waals surface area contributed by atoms with Gasteiger partial charge in [-0.1, -0.05) is 41.9 Å². The molecule has 0 aliphatic rings. The molecule has 1 heterocycles. The summed E-state index contributed by atoms with van der Waals surface area (Å²) in [6.07, 6.45) is -4.63. The summed E-state index contributed by atoms with van der Waals surface area (Å²) in [6, 6.07) is 18.5. The van der Waals surface area contributed by atoms with E-state index in [4.69, 9.17) is 16.3 Å². The van der Waals surface area contributed by atoms with Crippen LogP contribution >= 0.6 is 11.6 Å². The van der Waals surface area contributed by atoms with Gasteiger partial charge in [-0.2, -0.15) is 18.3 Å². The maximum absolute atomic E-state index is 13.3. The molecule has 3 aromatic carbocycles. The van der Waals surface area contributed by atoms with E-state index in [1.54, 1.807) is 32.2 Å². The molecule has 0 radical (unpaired) electrons. The van der Waals surface area contributed by atoms with Crippen molar-refractivity contribution in [2.45, 2.75) is 25.6 Å². The molecule has 1 atom stereocenters. The molecule has 0 saturated carbocycles. The lowest BCUT2D eigenvalue weighted by Crippen LogP contribution is -2.28. The van der Waals surface area contributed by atoms with E-state index < -0.39 is 17.8 Å². The maximum atomic E-state index is 13.3. The van der Waals surface area contributed by atoms with Crippen molar-refractivity contribution in [1.82, 2.24) is 15.1 Å². The minimum atomic E-state index is -4.63. The van der Waals surface area contributed by atoms with Crippen LogP contribution < -0.4 is 10.1 Å². The number of hydrogen-bond acceptors (Lipinski definition) is 3. The Kier molecular flexibility index (Phi) is 6.52. The first-order valence-corrected chi connectivity index (χ1v) is 10.8. The van der Waals surface area contributed by atoms with Gasteiger partial charge in [0, 0.05) is 5.02 Å². The summed E-state index contributed by atoms with van der Waals surface area (Å²) < 4.78 is 46.5. The van der Waals surface area contributed by atoms with Crippen molar-refractivity contribution >= 4 is 28.3 Å². The lowest BCUT2D eigenvalue weighted by molar-refractivity contribution is -0.141. The Bertz CT molecular complexity index is 1350. The van der Waals surface area contributed by atoms with Gasteiger partial charge in [0.25, 0.3) is 0 Å². The topological polar surface area (TPSA) is 56.1 Å². The van der Waals surface area contributed by atoms with Crippen molar-refractivity contribution in [3.63, 3.8) is 0 Å². The molecule has 1 amide bonds. The van der Waals surface area contributed by atoms with E-state index in [2.05, 4.69) is 10.4 Å². The van der Waals surface area contributed by atoms with E-state index in [-0.39, 0.29) is 18.1 Å². The van der Waals surface area contributed by atoms with Gasteiger partial charge in [0.15, 0.2) is 5.69 Å². The highest BCUT2D eigenvalue weighted by Crippen LogP contribution is 2.31. The Morgan fingerprint density at radius 2 is 1.88 bits per heavy atom. The molecule has 9 heteroatoms. The molecule has 0 saturated heterocycles. The molecule has 34 heavy (non-hydrogen) atoms. The zero-order valence-electron chi connectivity index (χ0n) is 18.4. The molecule has 1 unspecified atom stereocenters. The molecule has 1 N–H and O–H groups in total. The molecule has 0 aliphatic heterocycles. The Balaban J connectivity index is 1.61. The molecule has 4 aromatic rings. The van der Waals surface area contributed by atoms with Gasteiger partial charge in [-0.25, -0.2) is 4.68 Å². The van der Waals surface area contributed by atoms with Gasteiger partial charge in [0.05, 0.1) is 31.0 Å². The van der Waals surface area contributed by atoms with Crippen LogP contribution in [0.1, 0.15) is 29.8 Å². The molecular weight excluding hydrogens is 467 g/mol. The number of fused-ring (bicyclic) bond motifs is 1. The number of rotatable bonds is 6. The number of nitrogens with zero attached hydrogens (tertiary/aromatic N) is 2. The Labute approximate surface area is 199 Å². The van der Waals surface area contributed by atoms with Crippen LogP contribution in [0.25, 0.3) is 16.5 Å². The maximum Gasteiger partial charge on any atom is 0.435 e. The van der Waals surface area contributed by atoms with Crippen LogP contribution in [0.4, 0.5) is 13.2 Å². The van der Waals surface area contributed by atoms with Crippen LogP contribution in [0.15, 0.2) is 66.7 Å². The number of nitrogens with one attached hydrogen (secondary N) is 1. The summed E-state index contributed by atoms with van der Waals surface area (Å²) in [4.78, 5) is 13.0. The average Bonchev–Trinajstić information content (AvgIpc) is 3.26. The van der Waals surface area contributed by atoms with Crippen molar-refractivity contribution in [3.05, 3.63) is 88.7 Å². The van der Waals surface area contributed by atoms with Gasteiger partial charge < -0.3 is 10.1 Å². The van der Waals surface area contributed by atoms with Crippen molar-refractivity contribution in [1.29, 1.82) is 0 Å². The fourth-order valence-corrected chi connectivity index (χ4v) is 3.95. The van der Waals surface area contributed by atoms with Gasteiger partial charge >= 0.3 is 6.18 Å². The number of amides is 1. The number of halogens is 4. The molecule has 176 valence electrons. The summed E-state index contributed by atoms with van der Waals surface area (Å²) >= 11 is 6.01. The van der Waals surface area contributed by atoms with Crippen LogP contribution in [0.3, 0.4) is 0 Å². The second kappa shape index (κ2) is 9.38. The minimum Gasteiger partial charge on any atom is -0.497 e. The largest absolute Gasteiger partial charge is 0.497 e. The van der Waals surface area contributed by atoms with Crippen LogP contribution in [0.5, 0.6) is 5.75 Å². The van der Waals surface area contributed by atoms with E-state index in [1.807, 2.05) is 36.4 Å². The van der Waals surface area contributed by atoms with Crippen LogP contribution in [0, 0.1) is 0 Å². The summed E-state index contributed by atoms with van der Waals surface area (Å²) in [6.45, 7) is 1.60. The van der Waals surface area contributed by atoms with Gasteiger partial charge in [0.2, 0.25) is 5.91 Å². The monoisotopic (exact) mass is 487 g/mol. The standard InChI is InChI=1S/C25H21ClF3N3O2/c1-15(21-8-3-5-16-9-10-20(34-2)13-22(16)21)24(33)30-14-19-12-23(25(27,28)29)31-32(19)18-7-4-6-17(26)11-18/h3-13,15H,14H2,1-2H3,(H,30,33). The van der Waals surface area contributed by atoms with Gasteiger partial charge in [-0.15, -0.1) is 0 Å². The van der Waals surface area contributed by atoms with Gasteiger partial charge in [-0.3, -0.25) is 4.79 Å². The fraction of sp³-hybridized carbons (Fsp3) is 0.200. The zero-order valence-corrected chi connectivity index (χ0v) is 19.1. The van der Waals surface area contributed by atoms with Crippen molar-refractivity contribution in [2.75, 3.05) is 7.11 Å². The highest BCUT2D eigenvalue weighted by atomic mass is 35.5. The molecule has 0 bridgehead atoms. The van der Waals surface area contributed by atoms with Crippen LogP contribution in [-0.4, -0.2) is 22.8 Å². The second-order valence-corrected chi connectivity index (χ2v) is 8.22. The number of carbonyl (C=O) groups is 1. The zero-order chi connectivity index (χ0) is 24.5. The van der Waals surface area contributed by atoms with Crippen molar-refractivity contribution in [3.8, 4) is 11.4 Å². The SMILES string of the molecule is COc1ccc2cccc(C(C)C(=O)NCc3cc(C(F)(F)F)nn3-c3cccc(Cl)c3)c2c1.